The van der Waals surface area contributed by atoms with Crippen LogP contribution < -0.4 is 9.62 Å². The number of hydrogen-bond donors (Lipinski definition) is 2. The fourth-order valence-electron chi connectivity index (χ4n) is 8.72. The topological polar surface area (TPSA) is 186 Å². The number of hydrogen-bond acceptors (Lipinski definition) is 10. The van der Waals surface area contributed by atoms with E-state index in [0.717, 1.165) is 42.7 Å². The van der Waals surface area contributed by atoms with E-state index < -0.39 is 155 Å². The summed E-state index contributed by atoms with van der Waals surface area (Å²) in [5.41, 5.74) is -5.71. The van der Waals surface area contributed by atoms with Crippen LogP contribution in [-0.4, -0.2) is 81.7 Å². The number of rotatable bonds is 13. The van der Waals surface area contributed by atoms with E-state index >= 15 is 8.78 Å². The molecule has 2 amide bonds. The molecule has 0 unspecified atom stereocenters. The number of nitrogens with one attached hydrogen (secondary N) is 1. The van der Waals surface area contributed by atoms with E-state index in [1.807, 2.05) is 0 Å². The smallest absolute Gasteiger partial charge is 0.435 e. The Morgan fingerprint density at radius 3 is 2.14 bits per heavy atom. The lowest BCUT2D eigenvalue weighted by atomic mass is 9.93. The van der Waals surface area contributed by atoms with Gasteiger partial charge >= 0.3 is 12.4 Å². The van der Waals surface area contributed by atoms with Gasteiger partial charge in [-0.15, -0.1) is 0 Å². The number of nitrogens with zero attached hydrogens (tertiary/aromatic N) is 6. The van der Waals surface area contributed by atoms with Crippen molar-refractivity contribution < 1.29 is 75.4 Å². The summed E-state index contributed by atoms with van der Waals surface area (Å²) < 4.78 is 199. The molecule has 3 heterocycles. The maximum absolute atomic E-state index is 15.6. The number of phenols is 1. The third-order valence-corrected chi connectivity index (χ3v) is 15.7. The predicted octanol–water partition coefficient (Wildman–Crippen LogP) is 8.53. The molecule has 8 rings (SSSR count). The summed E-state index contributed by atoms with van der Waals surface area (Å²) in [6, 6.07) is 9.73. The van der Waals surface area contributed by atoms with Crippen LogP contribution >= 0.6 is 11.6 Å². The molecular weight excluding hydrogens is 1060 g/mol. The predicted molar refractivity (Wildman–Crippen MR) is 247 cm³/mol. The molecule has 27 heteroatoms. The number of carbonyl (C=O) groups excluding carboxylic acids is 2. The molecule has 1 fully saturated rings. The Labute approximate surface area is 419 Å². The number of benzene rings is 3. The van der Waals surface area contributed by atoms with Crippen molar-refractivity contribution in [3.8, 4) is 28.7 Å². The number of carbonyl (C=O) groups is 2. The van der Waals surface area contributed by atoms with E-state index in [4.69, 9.17) is 11.6 Å². The van der Waals surface area contributed by atoms with Crippen LogP contribution in [0.3, 0.4) is 0 Å². The highest BCUT2D eigenvalue weighted by Crippen LogP contribution is 2.68. The average molecular weight is 1100 g/mol. The molecule has 2 aliphatic carbocycles. The SMILES string of the molecule is CC(C)(C#Cc1ccc(-c2ccc(Cl)c3c(N(C(=O)Cc4ccc(O)cc4)S(C)(=O)=O)nn(CC(F)(F)F)c23)c([C@H](Cc2cc(F)cc(F)c2)NC(=O)Cn2nc(C(F)(F)F)c3c2C(F)(F)[C@@H]2C[C@H]32)n1)S(C)(=O)=O. The Kier molecular flexibility index (Phi) is 13.5. The van der Waals surface area contributed by atoms with Crippen LogP contribution in [0.4, 0.5) is 49.7 Å². The van der Waals surface area contributed by atoms with Crippen molar-refractivity contribution in [2.45, 2.75) is 81.2 Å². The Morgan fingerprint density at radius 1 is 0.905 bits per heavy atom. The summed E-state index contributed by atoms with van der Waals surface area (Å²) in [6.07, 6.45) is -10.6. The van der Waals surface area contributed by atoms with Gasteiger partial charge in [-0.1, -0.05) is 35.7 Å². The van der Waals surface area contributed by atoms with E-state index in [1.54, 1.807) is 0 Å². The molecule has 3 atom stereocenters. The van der Waals surface area contributed by atoms with Gasteiger partial charge in [0.15, 0.2) is 21.3 Å². The van der Waals surface area contributed by atoms with E-state index in [1.165, 1.54) is 38.1 Å². The third-order valence-electron chi connectivity index (χ3n) is 12.4. The first kappa shape index (κ1) is 53.6. The first-order valence-electron chi connectivity index (χ1n) is 21.8. The van der Waals surface area contributed by atoms with Crippen molar-refractivity contribution in [3.63, 3.8) is 0 Å². The molecule has 2 N–H and O–H groups in total. The van der Waals surface area contributed by atoms with Crippen LogP contribution in [0, 0.1) is 29.4 Å². The lowest BCUT2D eigenvalue weighted by Crippen LogP contribution is -2.38. The van der Waals surface area contributed by atoms with Crippen LogP contribution in [0.1, 0.15) is 71.7 Å². The van der Waals surface area contributed by atoms with Gasteiger partial charge in [0.25, 0.3) is 5.92 Å². The molecule has 392 valence electrons. The monoisotopic (exact) mass is 1100 g/mol. The van der Waals surface area contributed by atoms with Crippen LogP contribution in [0.2, 0.25) is 5.02 Å². The molecular formula is C47H38ClF10N7O7S2. The lowest BCUT2D eigenvalue weighted by Gasteiger charge is -2.23. The van der Waals surface area contributed by atoms with Gasteiger partial charge < -0.3 is 10.4 Å². The van der Waals surface area contributed by atoms with Crippen molar-refractivity contribution >= 4 is 60.0 Å². The Bertz CT molecular complexity index is 3570. The summed E-state index contributed by atoms with van der Waals surface area (Å²) in [5.74, 6) is -7.43. The summed E-state index contributed by atoms with van der Waals surface area (Å²) >= 11 is 6.68. The molecule has 0 bridgehead atoms. The van der Waals surface area contributed by atoms with Crippen LogP contribution in [0.5, 0.6) is 5.75 Å². The number of alkyl halides is 8. The zero-order chi connectivity index (χ0) is 54.4. The highest BCUT2D eigenvalue weighted by Gasteiger charge is 2.68. The molecule has 0 saturated heterocycles. The van der Waals surface area contributed by atoms with Gasteiger partial charge in [-0.05, 0) is 92.1 Å². The van der Waals surface area contributed by atoms with E-state index in [2.05, 4.69) is 32.3 Å². The zero-order valence-corrected chi connectivity index (χ0v) is 41.1. The second-order valence-corrected chi connectivity index (χ2v) is 23.1. The summed E-state index contributed by atoms with van der Waals surface area (Å²) in [4.78, 5) is 32.7. The van der Waals surface area contributed by atoms with Crippen molar-refractivity contribution in [2.24, 2.45) is 5.92 Å². The molecule has 3 aromatic heterocycles. The lowest BCUT2D eigenvalue weighted by molar-refractivity contribution is -0.143. The zero-order valence-electron chi connectivity index (χ0n) is 38.7. The average Bonchev–Trinajstić information content (AvgIpc) is 3.78. The van der Waals surface area contributed by atoms with Crippen LogP contribution in [0.15, 0.2) is 66.7 Å². The number of aromatic nitrogens is 5. The van der Waals surface area contributed by atoms with Gasteiger partial charge in [-0.2, -0.15) is 49.6 Å². The second kappa shape index (κ2) is 18.6. The van der Waals surface area contributed by atoms with E-state index in [9.17, 15) is 66.7 Å². The molecule has 0 radical (unpaired) electrons. The highest BCUT2D eigenvalue weighted by atomic mass is 35.5. The van der Waals surface area contributed by atoms with Gasteiger partial charge in [-0.25, -0.2) is 30.6 Å². The summed E-state index contributed by atoms with van der Waals surface area (Å²) in [5, 5.41) is 18.5. The molecule has 3 aromatic carbocycles. The number of phenolic OH excluding ortho intramolecular Hbond substituents is 1. The Morgan fingerprint density at radius 2 is 1.54 bits per heavy atom. The Balaban J connectivity index is 1.36. The molecule has 6 aromatic rings. The number of anilines is 1. The van der Waals surface area contributed by atoms with Crippen molar-refractivity contribution in [1.29, 1.82) is 0 Å². The number of sulfone groups is 1. The minimum atomic E-state index is -5.23. The van der Waals surface area contributed by atoms with Gasteiger partial charge in [0.1, 0.15) is 46.6 Å². The maximum Gasteiger partial charge on any atom is 0.435 e. The first-order valence-corrected chi connectivity index (χ1v) is 25.9. The molecule has 14 nitrogen and oxygen atoms in total. The first-order chi connectivity index (χ1) is 34.1. The minimum Gasteiger partial charge on any atom is -0.508 e. The fraction of sp³-hybridized carbons (Fsp3) is 0.340. The maximum atomic E-state index is 15.6. The number of sulfonamides is 1. The normalized spacial score (nSPS) is 16.8. The van der Waals surface area contributed by atoms with Gasteiger partial charge in [-0.3, -0.25) is 19.0 Å². The van der Waals surface area contributed by atoms with Crippen molar-refractivity contribution in [1.82, 2.24) is 29.9 Å². The quantitative estimate of drug-likeness (QED) is 0.0839. The van der Waals surface area contributed by atoms with Crippen LogP contribution in [0.25, 0.3) is 22.0 Å². The van der Waals surface area contributed by atoms with Gasteiger partial charge in [0.05, 0.1) is 40.3 Å². The Hall–Kier alpha value is -6.72. The summed E-state index contributed by atoms with van der Waals surface area (Å²) in [7, 11) is -8.71. The highest BCUT2D eigenvalue weighted by molar-refractivity contribution is 7.93. The molecule has 0 spiro atoms. The van der Waals surface area contributed by atoms with Crippen LogP contribution in [-0.2, 0) is 67.5 Å². The largest absolute Gasteiger partial charge is 0.508 e. The van der Waals surface area contributed by atoms with Gasteiger partial charge in [0.2, 0.25) is 21.8 Å². The van der Waals surface area contributed by atoms with Crippen molar-refractivity contribution in [2.75, 3.05) is 16.8 Å². The number of halogens is 11. The molecule has 0 aliphatic heterocycles. The number of aromatic hydroxyl groups is 1. The van der Waals surface area contributed by atoms with Gasteiger partial charge in [0, 0.05) is 34.9 Å². The number of pyridine rings is 1. The third kappa shape index (κ3) is 10.6. The molecule has 1 saturated carbocycles. The fourth-order valence-corrected chi connectivity index (χ4v) is 10.1. The standard InChI is InChI=1S/C47H38ClF10N7O7S2/c1-44(2,73(3,69)70)14-13-27-7-10-29(30-11-12-33(48)38-40(30)64(22-45(51,52)53)62-43(38)65(74(4,71)72)36(68)18-23-5-8-28(66)9-6-23)39(59-27)34(17-24-15-25(49)19-26(50)16-24)60-35(67)21-63-42-37(41(61-63)47(56,57)58)31-20-32(31)46(42,54)55/h5-12,15-16,19,31-32,34,66H,17-18,20-22H2,1-4H3,(H,60,67)/t31-,32+,34-/m0/s1. The second-order valence-electron chi connectivity index (χ2n) is 18.3. The van der Waals surface area contributed by atoms with E-state index in [-0.39, 0.29) is 53.8 Å². The minimum absolute atomic E-state index is 0.122. The summed E-state index contributed by atoms with van der Waals surface area (Å²) in [6.45, 7) is -0.801. The van der Waals surface area contributed by atoms with Crippen molar-refractivity contribution in [3.05, 3.63) is 123 Å². The van der Waals surface area contributed by atoms with E-state index in [0.29, 0.717) is 12.3 Å². The molecule has 74 heavy (non-hydrogen) atoms. The number of amides is 2. The number of fused-ring (bicyclic) bond motifs is 4. The molecule has 2 aliphatic rings.